The lowest BCUT2D eigenvalue weighted by atomic mass is 10.1. The smallest absolute Gasteiger partial charge is 0.270 e. The average Bonchev–Trinajstić information content (AvgIpc) is 2.54. The Hall–Kier alpha value is -2.89. The van der Waals surface area contributed by atoms with Gasteiger partial charge in [0.1, 0.15) is 11.4 Å². The van der Waals surface area contributed by atoms with Gasteiger partial charge in [0, 0.05) is 5.69 Å². The topological polar surface area (TPSA) is 80.3 Å². The molecule has 1 aliphatic rings. The van der Waals surface area contributed by atoms with Crippen molar-refractivity contribution < 1.29 is 14.3 Å². The standard InChI is InChI=1S/C17H17N3O3/c1-10-4-3-5-13(18-10)17(22)19-11(2)12-6-7-15-14(8-12)20-16(21)9-23-15/h3-8,11H,9H2,1-2H3,(H,19,22)(H,20,21)/t11-/m0/s1. The maximum atomic E-state index is 12.3. The first-order valence-electron chi connectivity index (χ1n) is 7.34. The third kappa shape index (κ3) is 3.31. The lowest BCUT2D eigenvalue weighted by molar-refractivity contribution is -0.118. The Bertz CT molecular complexity index is 773. The molecule has 2 heterocycles. The monoisotopic (exact) mass is 311 g/mol. The summed E-state index contributed by atoms with van der Waals surface area (Å²) < 4.78 is 5.32. The van der Waals surface area contributed by atoms with Crippen LogP contribution in [0.5, 0.6) is 5.75 Å². The molecule has 6 heteroatoms. The van der Waals surface area contributed by atoms with Gasteiger partial charge >= 0.3 is 0 Å². The Morgan fingerprint density at radius 2 is 2.17 bits per heavy atom. The van der Waals surface area contributed by atoms with Crippen LogP contribution >= 0.6 is 0 Å². The van der Waals surface area contributed by atoms with Crippen LogP contribution < -0.4 is 15.4 Å². The number of pyridine rings is 1. The van der Waals surface area contributed by atoms with Crippen LogP contribution in [0.2, 0.25) is 0 Å². The molecule has 2 aromatic rings. The number of nitrogens with one attached hydrogen (secondary N) is 2. The predicted octanol–water partition coefficient (Wildman–Crippen LogP) is 2.21. The van der Waals surface area contributed by atoms with Gasteiger partial charge in [-0.1, -0.05) is 12.1 Å². The fraction of sp³-hybridized carbons (Fsp3) is 0.235. The van der Waals surface area contributed by atoms with Crippen LogP contribution in [-0.4, -0.2) is 23.4 Å². The number of ether oxygens (including phenoxy) is 1. The Morgan fingerprint density at radius 3 is 2.96 bits per heavy atom. The van der Waals surface area contributed by atoms with Crippen molar-refractivity contribution in [3.63, 3.8) is 0 Å². The van der Waals surface area contributed by atoms with Gasteiger partial charge in [0.2, 0.25) is 0 Å². The number of anilines is 1. The van der Waals surface area contributed by atoms with Crippen molar-refractivity contribution in [2.45, 2.75) is 19.9 Å². The van der Waals surface area contributed by atoms with Crippen LogP contribution in [0.4, 0.5) is 5.69 Å². The van der Waals surface area contributed by atoms with Crippen LogP contribution in [0, 0.1) is 6.92 Å². The Morgan fingerprint density at radius 1 is 1.35 bits per heavy atom. The van der Waals surface area contributed by atoms with Gasteiger partial charge in [0.05, 0.1) is 11.7 Å². The van der Waals surface area contributed by atoms with Crippen LogP contribution in [0.3, 0.4) is 0 Å². The maximum Gasteiger partial charge on any atom is 0.270 e. The lowest BCUT2D eigenvalue weighted by Crippen LogP contribution is -2.28. The number of hydrogen-bond acceptors (Lipinski definition) is 4. The summed E-state index contributed by atoms with van der Waals surface area (Å²) in [6.07, 6.45) is 0. The normalized spacial score (nSPS) is 14.3. The number of aryl methyl sites for hydroxylation is 1. The Labute approximate surface area is 133 Å². The molecule has 0 spiro atoms. The van der Waals surface area contributed by atoms with Gasteiger partial charge in [-0.05, 0) is 43.7 Å². The molecule has 1 aromatic heterocycles. The molecule has 6 nitrogen and oxygen atoms in total. The summed E-state index contributed by atoms with van der Waals surface area (Å²) in [7, 11) is 0. The molecule has 1 atom stereocenters. The minimum Gasteiger partial charge on any atom is -0.482 e. The van der Waals surface area contributed by atoms with Gasteiger partial charge in [-0.15, -0.1) is 0 Å². The van der Waals surface area contributed by atoms with Crippen LogP contribution in [0.1, 0.15) is 34.7 Å². The van der Waals surface area contributed by atoms with Crippen molar-refractivity contribution in [3.05, 3.63) is 53.3 Å². The molecule has 2 N–H and O–H groups in total. The van der Waals surface area contributed by atoms with Crippen molar-refractivity contribution in [2.24, 2.45) is 0 Å². The second-order valence-corrected chi connectivity index (χ2v) is 5.45. The van der Waals surface area contributed by atoms with Crippen LogP contribution in [0.15, 0.2) is 36.4 Å². The largest absolute Gasteiger partial charge is 0.482 e. The molecule has 0 aliphatic carbocycles. The lowest BCUT2D eigenvalue weighted by Gasteiger charge is -2.21. The quantitative estimate of drug-likeness (QED) is 0.911. The summed E-state index contributed by atoms with van der Waals surface area (Å²) in [5.74, 6) is 0.210. The summed E-state index contributed by atoms with van der Waals surface area (Å²) in [4.78, 5) is 27.9. The minimum absolute atomic E-state index is 0.0255. The van der Waals surface area contributed by atoms with Gasteiger partial charge in [-0.3, -0.25) is 9.59 Å². The number of rotatable bonds is 3. The van der Waals surface area contributed by atoms with Crippen molar-refractivity contribution in [3.8, 4) is 5.75 Å². The summed E-state index contributed by atoms with van der Waals surface area (Å²) in [6.45, 7) is 3.74. The maximum absolute atomic E-state index is 12.3. The average molecular weight is 311 g/mol. The van der Waals surface area contributed by atoms with Gasteiger partial charge in [0.15, 0.2) is 6.61 Å². The van der Waals surface area contributed by atoms with Crippen LogP contribution in [-0.2, 0) is 4.79 Å². The van der Waals surface area contributed by atoms with Gasteiger partial charge in [-0.25, -0.2) is 4.98 Å². The molecule has 1 aromatic carbocycles. The zero-order chi connectivity index (χ0) is 16.4. The van der Waals surface area contributed by atoms with Crippen molar-refractivity contribution in [1.82, 2.24) is 10.3 Å². The number of benzene rings is 1. The van der Waals surface area contributed by atoms with E-state index in [1.807, 2.05) is 26.0 Å². The molecule has 0 saturated heterocycles. The molecule has 0 radical (unpaired) electrons. The first-order chi connectivity index (χ1) is 11.0. The molecule has 0 fully saturated rings. The highest BCUT2D eigenvalue weighted by molar-refractivity contribution is 5.95. The van der Waals surface area contributed by atoms with Crippen molar-refractivity contribution in [2.75, 3.05) is 11.9 Å². The van der Waals surface area contributed by atoms with E-state index in [9.17, 15) is 9.59 Å². The minimum atomic E-state index is -0.237. The zero-order valence-electron chi connectivity index (χ0n) is 12.9. The molecule has 23 heavy (non-hydrogen) atoms. The molecule has 3 rings (SSSR count). The molecular weight excluding hydrogens is 294 g/mol. The van der Waals surface area contributed by atoms with E-state index in [0.717, 1.165) is 11.3 Å². The number of nitrogens with zero attached hydrogens (tertiary/aromatic N) is 1. The van der Waals surface area contributed by atoms with E-state index in [4.69, 9.17) is 4.74 Å². The van der Waals surface area contributed by atoms with Gasteiger partial charge in [0.25, 0.3) is 11.8 Å². The van der Waals surface area contributed by atoms with Crippen LogP contribution in [0.25, 0.3) is 0 Å². The summed E-state index contributed by atoms with van der Waals surface area (Å²) in [5, 5.41) is 5.66. The first kappa shape index (κ1) is 15.0. The molecule has 0 bridgehead atoms. The second-order valence-electron chi connectivity index (χ2n) is 5.45. The molecule has 0 unspecified atom stereocenters. The molecule has 2 amide bonds. The van der Waals surface area contributed by atoms with Crippen molar-refractivity contribution in [1.29, 1.82) is 0 Å². The Balaban J connectivity index is 1.75. The van der Waals surface area contributed by atoms with E-state index in [2.05, 4.69) is 15.6 Å². The number of carbonyl (C=O) groups excluding carboxylic acids is 2. The van der Waals surface area contributed by atoms with Gasteiger partial charge < -0.3 is 15.4 Å². The van der Waals surface area contributed by atoms with Crippen molar-refractivity contribution >= 4 is 17.5 Å². The number of fused-ring (bicyclic) bond motifs is 1. The number of carbonyl (C=O) groups is 2. The number of amides is 2. The zero-order valence-corrected chi connectivity index (χ0v) is 12.9. The third-order valence-electron chi connectivity index (χ3n) is 3.61. The fourth-order valence-electron chi connectivity index (χ4n) is 2.39. The van der Waals surface area contributed by atoms with E-state index in [0.29, 0.717) is 17.1 Å². The molecule has 118 valence electrons. The summed E-state index contributed by atoms with van der Waals surface area (Å²) >= 11 is 0. The highest BCUT2D eigenvalue weighted by atomic mass is 16.5. The van der Waals surface area contributed by atoms with E-state index < -0.39 is 0 Å². The number of aromatic nitrogens is 1. The fourth-order valence-corrected chi connectivity index (χ4v) is 2.39. The molecule has 0 saturated carbocycles. The van der Waals surface area contributed by atoms with E-state index in [-0.39, 0.29) is 24.5 Å². The van der Waals surface area contributed by atoms with E-state index in [1.165, 1.54) is 0 Å². The highest BCUT2D eigenvalue weighted by Gasteiger charge is 2.18. The Kier molecular flexibility index (Phi) is 3.97. The second kappa shape index (κ2) is 6.08. The molecular formula is C17H17N3O3. The summed E-state index contributed by atoms with van der Waals surface area (Å²) in [6, 6.07) is 10.5. The SMILES string of the molecule is Cc1cccc(C(=O)N[C@@H](C)c2ccc3c(c2)NC(=O)CO3)n1. The van der Waals surface area contributed by atoms with E-state index >= 15 is 0 Å². The van der Waals surface area contributed by atoms with E-state index in [1.54, 1.807) is 24.3 Å². The highest BCUT2D eigenvalue weighted by Crippen LogP contribution is 2.30. The predicted molar refractivity (Wildman–Crippen MR) is 85.4 cm³/mol. The van der Waals surface area contributed by atoms with Gasteiger partial charge in [-0.2, -0.15) is 0 Å². The molecule has 1 aliphatic heterocycles. The summed E-state index contributed by atoms with van der Waals surface area (Å²) in [5.41, 5.74) is 2.66. The number of hydrogen-bond donors (Lipinski definition) is 2. The third-order valence-corrected chi connectivity index (χ3v) is 3.61. The first-order valence-corrected chi connectivity index (χ1v) is 7.34.